The molecule has 0 aliphatic heterocycles. The summed E-state index contributed by atoms with van der Waals surface area (Å²) in [5.41, 5.74) is 6.54. The Hall–Kier alpha value is -2.14. The second kappa shape index (κ2) is 6.10. The molecule has 2 N–H and O–H groups in total. The van der Waals surface area contributed by atoms with E-state index in [9.17, 15) is 13.6 Å². The van der Waals surface area contributed by atoms with Gasteiger partial charge in [0.15, 0.2) is 0 Å². The van der Waals surface area contributed by atoms with Crippen LogP contribution in [0.3, 0.4) is 0 Å². The number of anilines is 1. The molecule has 110 valence electrons. The minimum atomic E-state index is -0.694. The molecule has 0 saturated carbocycles. The minimum absolute atomic E-state index is 0.0113. The predicted molar refractivity (Wildman–Crippen MR) is 78.0 cm³/mol. The van der Waals surface area contributed by atoms with Crippen molar-refractivity contribution in [2.45, 2.75) is 6.54 Å². The number of hydrogen-bond donors (Lipinski definition) is 1. The van der Waals surface area contributed by atoms with Crippen LogP contribution in [-0.4, -0.2) is 17.9 Å². The highest BCUT2D eigenvalue weighted by atomic mass is 35.5. The van der Waals surface area contributed by atoms with E-state index in [2.05, 4.69) is 0 Å². The third kappa shape index (κ3) is 3.70. The number of nitrogens with zero attached hydrogens (tertiary/aromatic N) is 1. The first-order valence-electron chi connectivity index (χ1n) is 6.12. The lowest BCUT2D eigenvalue weighted by molar-refractivity contribution is 0.0784. The van der Waals surface area contributed by atoms with Gasteiger partial charge in [0.1, 0.15) is 11.6 Å². The molecular formula is C15H13ClF2N2O. The van der Waals surface area contributed by atoms with E-state index in [4.69, 9.17) is 17.3 Å². The number of benzene rings is 2. The van der Waals surface area contributed by atoms with Gasteiger partial charge in [-0.15, -0.1) is 0 Å². The number of amides is 1. The Balaban J connectivity index is 2.19. The van der Waals surface area contributed by atoms with Gasteiger partial charge >= 0.3 is 0 Å². The highest BCUT2D eigenvalue weighted by Crippen LogP contribution is 2.19. The maximum Gasteiger partial charge on any atom is 0.254 e. The van der Waals surface area contributed by atoms with E-state index in [1.165, 1.54) is 36.2 Å². The van der Waals surface area contributed by atoms with Gasteiger partial charge in [-0.3, -0.25) is 4.79 Å². The van der Waals surface area contributed by atoms with Crippen LogP contribution >= 0.6 is 11.6 Å². The summed E-state index contributed by atoms with van der Waals surface area (Å²) in [6.07, 6.45) is 0. The van der Waals surface area contributed by atoms with Crippen molar-refractivity contribution in [2.75, 3.05) is 12.8 Å². The molecule has 1 amide bonds. The standard InChI is InChI=1S/C15H13ClF2N2O/c1-20(8-9-2-3-12(17)7-14(9)18)15(21)10-4-11(16)6-13(19)5-10/h2-7H,8,19H2,1H3. The van der Waals surface area contributed by atoms with Crippen molar-refractivity contribution < 1.29 is 13.6 Å². The third-order valence-electron chi connectivity index (χ3n) is 2.94. The van der Waals surface area contributed by atoms with Crippen LogP contribution in [0.2, 0.25) is 5.02 Å². The van der Waals surface area contributed by atoms with E-state index in [-0.39, 0.29) is 18.0 Å². The monoisotopic (exact) mass is 310 g/mol. The highest BCUT2D eigenvalue weighted by molar-refractivity contribution is 6.31. The molecule has 0 aliphatic rings. The summed E-state index contributed by atoms with van der Waals surface area (Å²) >= 11 is 5.85. The van der Waals surface area contributed by atoms with Crippen molar-refractivity contribution in [3.63, 3.8) is 0 Å². The zero-order chi connectivity index (χ0) is 15.6. The molecule has 0 spiro atoms. The smallest absolute Gasteiger partial charge is 0.254 e. The van der Waals surface area contributed by atoms with Crippen molar-refractivity contribution in [1.82, 2.24) is 4.90 Å². The SMILES string of the molecule is CN(Cc1ccc(F)cc1F)C(=O)c1cc(N)cc(Cl)c1. The topological polar surface area (TPSA) is 46.3 Å². The number of hydrogen-bond acceptors (Lipinski definition) is 2. The average Bonchev–Trinajstić information content (AvgIpc) is 2.40. The Morgan fingerprint density at radius 2 is 1.95 bits per heavy atom. The van der Waals surface area contributed by atoms with Crippen LogP contribution in [0.4, 0.5) is 14.5 Å². The predicted octanol–water partition coefficient (Wildman–Crippen LogP) is 3.47. The molecule has 0 unspecified atom stereocenters. The van der Waals surface area contributed by atoms with Crippen LogP contribution in [0.15, 0.2) is 36.4 Å². The molecule has 0 heterocycles. The first-order valence-corrected chi connectivity index (χ1v) is 6.50. The van der Waals surface area contributed by atoms with Gasteiger partial charge in [-0.05, 0) is 24.3 Å². The molecule has 2 aromatic carbocycles. The van der Waals surface area contributed by atoms with E-state index in [0.717, 1.165) is 12.1 Å². The number of carbonyl (C=O) groups excluding carboxylic acids is 1. The molecule has 0 bridgehead atoms. The van der Waals surface area contributed by atoms with E-state index >= 15 is 0 Å². The number of carbonyl (C=O) groups is 1. The average molecular weight is 311 g/mol. The van der Waals surface area contributed by atoms with Gasteiger partial charge in [-0.25, -0.2) is 8.78 Å². The number of nitrogen functional groups attached to an aromatic ring is 1. The van der Waals surface area contributed by atoms with Crippen molar-refractivity contribution in [1.29, 1.82) is 0 Å². The highest BCUT2D eigenvalue weighted by Gasteiger charge is 2.15. The minimum Gasteiger partial charge on any atom is -0.399 e. The lowest BCUT2D eigenvalue weighted by Gasteiger charge is -2.18. The van der Waals surface area contributed by atoms with E-state index in [1.807, 2.05) is 0 Å². The molecule has 0 saturated heterocycles. The number of halogens is 3. The summed E-state index contributed by atoms with van der Waals surface area (Å²) in [7, 11) is 1.52. The summed E-state index contributed by atoms with van der Waals surface area (Å²) in [4.78, 5) is 13.6. The Labute approximate surface area is 125 Å². The molecular weight excluding hydrogens is 298 g/mol. The quantitative estimate of drug-likeness (QED) is 0.882. The van der Waals surface area contributed by atoms with Crippen molar-refractivity contribution in [2.24, 2.45) is 0 Å². The van der Waals surface area contributed by atoms with Crippen LogP contribution in [0, 0.1) is 11.6 Å². The van der Waals surface area contributed by atoms with Crippen LogP contribution in [0.1, 0.15) is 15.9 Å². The van der Waals surface area contributed by atoms with Crippen LogP contribution in [0.25, 0.3) is 0 Å². The summed E-state index contributed by atoms with van der Waals surface area (Å²) in [6, 6.07) is 7.74. The first kappa shape index (κ1) is 15.3. The van der Waals surface area contributed by atoms with Crippen LogP contribution < -0.4 is 5.73 Å². The summed E-state index contributed by atoms with van der Waals surface area (Å²) < 4.78 is 26.4. The third-order valence-corrected chi connectivity index (χ3v) is 3.15. The van der Waals surface area contributed by atoms with Crippen LogP contribution in [-0.2, 0) is 6.54 Å². The molecule has 0 radical (unpaired) electrons. The van der Waals surface area contributed by atoms with Crippen LogP contribution in [0.5, 0.6) is 0 Å². The Morgan fingerprint density at radius 3 is 2.57 bits per heavy atom. The normalized spacial score (nSPS) is 10.5. The largest absolute Gasteiger partial charge is 0.399 e. The molecule has 0 aromatic heterocycles. The second-order valence-corrected chi connectivity index (χ2v) is 5.11. The molecule has 0 atom stereocenters. The fraction of sp³-hybridized carbons (Fsp3) is 0.133. The van der Waals surface area contributed by atoms with E-state index < -0.39 is 11.6 Å². The molecule has 2 aromatic rings. The van der Waals surface area contributed by atoms with Gasteiger partial charge in [-0.2, -0.15) is 0 Å². The van der Waals surface area contributed by atoms with Gasteiger partial charge in [0, 0.05) is 41.5 Å². The molecule has 3 nitrogen and oxygen atoms in total. The summed E-state index contributed by atoms with van der Waals surface area (Å²) in [5.74, 6) is -1.71. The van der Waals surface area contributed by atoms with Gasteiger partial charge in [0.2, 0.25) is 0 Å². The van der Waals surface area contributed by atoms with Gasteiger partial charge < -0.3 is 10.6 Å². The lowest BCUT2D eigenvalue weighted by Crippen LogP contribution is -2.26. The second-order valence-electron chi connectivity index (χ2n) is 4.67. The zero-order valence-corrected chi connectivity index (χ0v) is 12.0. The Morgan fingerprint density at radius 1 is 1.24 bits per heavy atom. The fourth-order valence-corrected chi connectivity index (χ4v) is 2.18. The van der Waals surface area contributed by atoms with Crippen molar-refractivity contribution in [3.05, 3.63) is 64.2 Å². The molecule has 6 heteroatoms. The number of nitrogens with two attached hydrogens (primary N) is 1. The summed E-state index contributed by atoms with van der Waals surface area (Å²) in [6.45, 7) is 0.0113. The lowest BCUT2D eigenvalue weighted by atomic mass is 10.1. The van der Waals surface area contributed by atoms with Gasteiger partial charge in [0.05, 0.1) is 0 Å². The van der Waals surface area contributed by atoms with Gasteiger partial charge in [0.25, 0.3) is 5.91 Å². The molecule has 0 fully saturated rings. The molecule has 21 heavy (non-hydrogen) atoms. The first-order chi connectivity index (χ1) is 9.86. The maximum absolute atomic E-state index is 13.6. The Bertz CT molecular complexity index is 671. The molecule has 0 aliphatic carbocycles. The Kier molecular flexibility index (Phi) is 4.43. The van der Waals surface area contributed by atoms with E-state index in [1.54, 1.807) is 0 Å². The summed E-state index contributed by atoms with van der Waals surface area (Å²) in [5, 5.41) is 0.347. The van der Waals surface area contributed by atoms with Gasteiger partial charge in [-0.1, -0.05) is 17.7 Å². The maximum atomic E-state index is 13.6. The zero-order valence-electron chi connectivity index (χ0n) is 11.2. The number of rotatable bonds is 3. The fourth-order valence-electron chi connectivity index (χ4n) is 1.93. The van der Waals surface area contributed by atoms with E-state index in [0.29, 0.717) is 16.3 Å². The molecule has 2 rings (SSSR count). The van der Waals surface area contributed by atoms with Crippen molar-refractivity contribution in [3.8, 4) is 0 Å². The van der Waals surface area contributed by atoms with Crippen molar-refractivity contribution >= 4 is 23.2 Å².